The number of methoxy groups -OCH3 is 2. The summed E-state index contributed by atoms with van der Waals surface area (Å²) in [4.78, 5) is 38.4. The molecule has 0 fully saturated rings. The van der Waals surface area contributed by atoms with Gasteiger partial charge in [0, 0.05) is 49.3 Å². The molecule has 0 spiro atoms. The smallest absolute Gasteiger partial charge is 0.419 e. The van der Waals surface area contributed by atoms with E-state index in [2.05, 4.69) is 0 Å². The van der Waals surface area contributed by atoms with Gasteiger partial charge in [0.25, 0.3) is 5.69 Å². The highest BCUT2D eigenvalue weighted by atomic mass is 32.2. The van der Waals surface area contributed by atoms with Crippen molar-refractivity contribution in [2.45, 2.75) is 62.6 Å². The zero-order valence-electron chi connectivity index (χ0n) is 27.0. The summed E-state index contributed by atoms with van der Waals surface area (Å²) in [6.07, 6.45) is 1.81. The highest BCUT2D eigenvalue weighted by Crippen LogP contribution is 2.45. The lowest BCUT2D eigenvalue weighted by atomic mass is 9.75. The van der Waals surface area contributed by atoms with Crippen molar-refractivity contribution < 1.29 is 41.9 Å². The van der Waals surface area contributed by atoms with Gasteiger partial charge in [-0.25, -0.2) is 17.8 Å². The van der Waals surface area contributed by atoms with Crippen LogP contribution in [0.15, 0.2) is 65.1 Å². The van der Waals surface area contributed by atoms with Crippen LogP contribution in [0.3, 0.4) is 0 Å². The molecule has 2 aliphatic rings. The predicted molar refractivity (Wildman–Crippen MR) is 171 cm³/mol. The third kappa shape index (κ3) is 6.96. The highest BCUT2D eigenvalue weighted by Gasteiger charge is 2.44. The quantitative estimate of drug-likeness (QED) is 0.108. The Kier molecular flexibility index (Phi) is 9.87. The maximum Gasteiger partial charge on any atom is 0.419 e. The lowest BCUT2D eigenvalue weighted by Crippen LogP contribution is -2.38. The standard InChI is InChI=1S/C33H39N3O10S/c1-33(2,3)46-32(38)35-28-9-7-6-8-26(28)27-16-17-34(47(41,42)24-13-10-22(11-14-24)36(39)40)19-21-18-23(45-20-43-4)12-15-25(21)29(30(27)35)31(37)44-5/h6-11,13-14,18,23,25,29H,12,15-17,19-20H2,1-5H3/t23-,25+,29?/m1/s1. The number of carbonyl (C=O) groups excluding carboxylic acids is 2. The number of benzene rings is 2. The first-order valence-electron chi connectivity index (χ1n) is 15.3. The minimum atomic E-state index is -4.19. The molecule has 14 heteroatoms. The number of nitro groups is 1. The van der Waals surface area contributed by atoms with Gasteiger partial charge in [-0.1, -0.05) is 29.8 Å². The van der Waals surface area contributed by atoms with E-state index in [0.717, 1.165) is 12.1 Å². The molecule has 1 aromatic heterocycles. The molecule has 0 N–H and O–H groups in total. The lowest BCUT2D eigenvalue weighted by Gasteiger charge is -2.35. The SMILES string of the molecule is COCO[C@H]1C=C2CN(S(=O)(=O)c3ccc([N+](=O)[O-])cc3)CCc3c(n(C(=O)OC(C)(C)C)c4ccccc34)C(C(=O)OC)[C@H]2CC1. The first-order valence-corrected chi connectivity index (χ1v) is 16.7. The van der Waals surface area contributed by atoms with E-state index in [9.17, 15) is 28.1 Å². The Morgan fingerprint density at radius 3 is 2.38 bits per heavy atom. The molecule has 3 atom stereocenters. The molecule has 0 radical (unpaired) electrons. The molecule has 47 heavy (non-hydrogen) atoms. The van der Waals surface area contributed by atoms with Crippen LogP contribution in [0.5, 0.6) is 0 Å². The average molecular weight is 670 g/mol. The van der Waals surface area contributed by atoms with Crippen LogP contribution in [-0.2, 0) is 40.2 Å². The van der Waals surface area contributed by atoms with Crippen LogP contribution in [0.25, 0.3) is 10.9 Å². The molecule has 3 aromatic rings. The summed E-state index contributed by atoms with van der Waals surface area (Å²) in [5, 5.41) is 11.9. The number of carbonyl (C=O) groups is 2. The van der Waals surface area contributed by atoms with Gasteiger partial charge in [0.05, 0.1) is 28.5 Å². The largest absolute Gasteiger partial charge is 0.468 e. The van der Waals surface area contributed by atoms with E-state index in [1.165, 1.54) is 35.2 Å². The van der Waals surface area contributed by atoms with Crippen LogP contribution in [0.2, 0.25) is 0 Å². The van der Waals surface area contributed by atoms with Gasteiger partial charge in [-0.05, 0) is 63.8 Å². The van der Waals surface area contributed by atoms with E-state index < -0.39 is 50.5 Å². The molecule has 0 saturated heterocycles. The Hall–Kier alpha value is -4.11. The molecule has 0 amide bonds. The Morgan fingerprint density at radius 2 is 1.74 bits per heavy atom. The first-order chi connectivity index (χ1) is 22.3. The number of non-ortho nitro benzene ring substituents is 1. The van der Waals surface area contributed by atoms with E-state index in [4.69, 9.17) is 18.9 Å². The highest BCUT2D eigenvalue weighted by molar-refractivity contribution is 7.89. The summed E-state index contributed by atoms with van der Waals surface area (Å²) >= 11 is 0. The van der Waals surface area contributed by atoms with Crippen molar-refractivity contribution in [3.05, 3.63) is 81.6 Å². The molecule has 1 aliphatic carbocycles. The fourth-order valence-corrected chi connectivity index (χ4v) is 7.87. The Labute approximate surface area is 273 Å². The maximum atomic E-state index is 14.2. The van der Waals surface area contributed by atoms with Crippen LogP contribution in [0, 0.1) is 16.0 Å². The number of hydrogen-bond donors (Lipinski definition) is 0. The molecule has 5 rings (SSSR count). The van der Waals surface area contributed by atoms with Crippen molar-refractivity contribution >= 4 is 38.7 Å². The monoisotopic (exact) mass is 669 g/mol. The number of aromatic nitrogens is 1. The maximum absolute atomic E-state index is 14.2. The number of nitro benzene ring substituents is 1. The predicted octanol–water partition coefficient (Wildman–Crippen LogP) is 5.16. The minimum Gasteiger partial charge on any atom is -0.468 e. The fourth-order valence-electron chi connectivity index (χ4n) is 6.44. The second kappa shape index (κ2) is 13.6. The van der Waals surface area contributed by atoms with Gasteiger partial charge in [0.1, 0.15) is 18.3 Å². The molecular weight excluding hydrogens is 630 g/mol. The van der Waals surface area contributed by atoms with Crippen molar-refractivity contribution in [1.82, 2.24) is 8.87 Å². The van der Waals surface area contributed by atoms with E-state index in [-0.39, 0.29) is 36.9 Å². The van der Waals surface area contributed by atoms with Crippen molar-refractivity contribution in [1.29, 1.82) is 0 Å². The molecule has 13 nitrogen and oxygen atoms in total. The second-order valence-electron chi connectivity index (χ2n) is 12.6. The number of ether oxygens (including phenoxy) is 4. The van der Waals surface area contributed by atoms with Crippen LogP contribution < -0.4 is 0 Å². The van der Waals surface area contributed by atoms with Gasteiger partial charge in [-0.2, -0.15) is 4.31 Å². The van der Waals surface area contributed by atoms with Gasteiger partial charge in [0.15, 0.2) is 0 Å². The lowest BCUT2D eigenvalue weighted by molar-refractivity contribution is -0.384. The van der Waals surface area contributed by atoms with E-state index in [1.54, 1.807) is 32.9 Å². The number of rotatable bonds is 7. The van der Waals surface area contributed by atoms with Gasteiger partial charge < -0.3 is 18.9 Å². The third-order valence-electron chi connectivity index (χ3n) is 8.44. The molecule has 0 bridgehead atoms. The van der Waals surface area contributed by atoms with Crippen molar-refractivity contribution in [3.63, 3.8) is 0 Å². The summed E-state index contributed by atoms with van der Waals surface area (Å²) in [7, 11) is -1.40. The molecule has 0 saturated carbocycles. The molecule has 252 valence electrons. The van der Waals surface area contributed by atoms with Gasteiger partial charge >= 0.3 is 12.1 Å². The Balaban J connectivity index is 1.74. The number of nitrogens with zero attached hydrogens (tertiary/aromatic N) is 3. The zero-order valence-corrected chi connectivity index (χ0v) is 27.8. The zero-order chi connectivity index (χ0) is 34.1. The van der Waals surface area contributed by atoms with Crippen molar-refractivity contribution in [2.24, 2.45) is 5.92 Å². The van der Waals surface area contributed by atoms with Gasteiger partial charge in [-0.3, -0.25) is 14.9 Å². The summed E-state index contributed by atoms with van der Waals surface area (Å²) in [5.74, 6) is -2.12. The first kappa shape index (κ1) is 34.2. The van der Waals surface area contributed by atoms with Crippen molar-refractivity contribution in [2.75, 3.05) is 34.1 Å². The second-order valence-corrected chi connectivity index (χ2v) is 14.5. The number of sulfonamides is 1. The molecule has 1 unspecified atom stereocenters. The van der Waals surface area contributed by atoms with Crippen LogP contribution in [0.1, 0.15) is 50.8 Å². The summed E-state index contributed by atoms with van der Waals surface area (Å²) in [6, 6.07) is 11.9. The number of fused-ring (bicyclic) bond motifs is 4. The molecule has 2 heterocycles. The third-order valence-corrected chi connectivity index (χ3v) is 10.3. The number of esters is 1. The van der Waals surface area contributed by atoms with E-state index in [1.807, 2.05) is 18.2 Å². The molecular formula is C33H39N3O10S. The number of hydrogen-bond acceptors (Lipinski definition) is 10. The molecule has 2 aromatic carbocycles. The topological polar surface area (TPSA) is 157 Å². The fraction of sp³-hybridized carbons (Fsp3) is 0.455. The van der Waals surface area contributed by atoms with Crippen molar-refractivity contribution in [3.8, 4) is 0 Å². The minimum absolute atomic E-state index is 0.0153. The van der Waals surface area contributed by atoms with E-state index in [0.29, 0.717) is 40.6 Å². The van der Waals surface area contributed by atoms with Gasteiger partial charge in [0.2, 0.25) is 10.0 Å². The Bertz CT molecular complexity index is 1810. The normalized spacial score (nSPS) is 20.6. The Morgan fingerprint density at radius 1 is 1.04 bits per heavy atom. The summed E-state index contributed by atoms with van der Waals surface area (Å²) in [6.45, 7) is 5.18. The van der Waals surface area contributed by atoms with Crippen LogP contribution in [-0.4, -0.2) is 80.1 Å². The summed E-state index contributed by atoms with van der Waals surface area (Å²) in [5.41, 5.74) is 1.09. The summed E-state index contributed by atoms with van der Waals surface area (Å²) < 4.78 is 53.3. The van der Waals surface area contributed by atoms with Crippen LogP contribution >= 0.6 is 0 Å². The average Bonchev–Trinajstić information content (AvgIpc) is 3.38. The van der Waals surface area contributed by atoms with Crippen LogP contribution in [0.4, 0.5) is 10.5 Å². The molecule has 1 aliphatic heterocycles. The number of para-hydroxylation sites is 1. The van der Waals surface area contributed by atoms with E-state index >= 15 is 0 Å². The van der Waals surface area contributed by atoms with Gasteiger partial charge in [-0.15, -0.1) is 0 Å².